The van der Waals surface area contributed by atoms with Crippen LogP contribution in [0.15, 0.2) is 15.5 Å². The van der Waals surface area contributed by atoms with Crippen LogP contribution >= 0.6 is 0 Å². The van der Waals surface area contributed by atoms with Gasteiger partial charge in [0.2, 0.25) is 0 Å². The second-order valence-corrected chi connectivity index (χ2v) is 5.87. The van der Waals surface area contributed by atoms with E-state index < -0.39 is 0 Å². The summed E-state index contributed by atoms with van der Waals surface area (Å²) in [5.41, 5.74) is 1.16. The summed E-state index contributed by atoms with van der Waals surface area (Å²) in [5, 5.41) is 3.40. The Morgan fingerprint density at radius 2 is 2.27 bits per heavy atom. The number of nitrogens with zero attached hydrogens (tertiary/aromatic N) is 2. The third-order valence-electron chi connectivity index (χ3n) is 4.02. The van der Waals surface area contributed by atoms with E-state index in [2.05, 4.69) is 23.2 Å². The summed E-state index contributed by atoms with van der Waals surface area (Å²) in [6, 6.07) is 2.07. The molecule has 2 heterocycles. The van der Waals surface area contributed by atoms with Gasteiger partial charge < -0.3 is 19.4 Å². The molecule has 0 aromatic carbocycles. The van der Waals surface area contributed by atoms with Crippen LogP contribution < -0.4 is 5.32 Å². The Labute approximate surface area is 133 Å². The normalized spacial score (nSPS) is 19.0. The second-order valence-electron chi connectivity index (χ2n) is 5.87. The predicted octanol–water partition coefficient (Wildman–Crippen LogP) is 2.72. The van der Waals surface area contributed by atoms with Crippen LogP contribution in [0, 0.1) is 19.8 Å². The molecule has 0 bridgehead atoms. The van der Waals surface area contributed by atoms with E-state index in [1.807, 2.05) is 20.8 Å². The van der Waals surface area contributed by atoms with Crippen molar-refractivity contribution >= 4 is 5.96 Å². The molecule has 1 atom stereocenters. The molecule has 0 saturated carbocycles. The molecule has 1 aromatic rings. The maximum atomic E-state index is 5.57. The molecule has 0 amide bonds. The molecule has 0 radical (unpaired) electrons. The zero-order valence-corrected chi connectivity index (χ0v) is 14.3. The molecule has 1 aliphatic rings. The Kier molecular flexibility index (Phi) is 6.31. The lowest BCUT2D eigenvalue weighted by atomic mass is 10.1. The van der Waals surface area contributed by atoms with Crippen molar-refractivity contribution in [1.29, 1.82) is 0 Å². The van der Waals surface area contributed by atoms with Gasteiger partial charge in [0.05, 0.1) is 13.2 Å². The lowest BCUT2D eigenvalue weighted by Gasteiger charge is -2.21. The minimum Gasteiger partial charge on any atom is -0.466 e. The molecule has 5 nitrogen and oxygen atoms in total. The average molecular weight is 307 g/mol. The second kappa shape index (κ2) is 8.22. The molecule has 0 aliphatic carbocycles. The van der Waals surface area contributed by atoms with Crippen molar-refractivity contribution in [3.05, 3.63) is 23.2 Å². The molecule has 5 heteroatoms. The molecule has 1 saturated heterocycles. The largest absolute Gasteiger partial charge is 0.466 e. The highest BCUT2D eigenvalue weighted by Gasteiger charge is 2.24. The number of nitrogens with one attached hydrogen (secondary N) is 1. The van der Waals surface area contributed by atoms with Gasteiger partial charge in [0.15, 0.2) is 5.96 Å². The zero-order valence-electron chi connectivity index (χ0n) is 14.3. The van der Waals surface area contributed by atoms with E-state index in [9.17, 15) is 0 Å². The topological polar surface area (TPSA) is 50.0 Å². The first kappa shape index (κ1) is 16.9. The molecule has 22 heavy (non-hydrogen) atoms. The number of furan rings is 1. The number of ether oxygens (including phenoxy) is 1. The van der Waals surface area contributed by atoms with Gasteiger partial charge in [-0.25, -0.2) is 4.99 Å². The molecular formula is C17H29N3O2. The molecule has 1 unspecified atom stereocenters. The summed E-state index contributed by atoms with van der Waals surface area (Å²) in [7, 11) is 0. The van der Waals surface area contributed by atoms with Crippen LogP contribution in [0.5, 0.6) is 0 Å². The van der Waals surface area contributed by atoms with E-state index >= 15 is 0 Å². The average Bonchev–Trinajstić information content (AvgIpc) is 3.08. The molecule has 1 fully saturated rings. The van der Waals surface area contributed by atoms with E-state index in [1.165, 1.54) is 6.42 Å². The van der Waals surface area contributed by atoms with Crippen molar-refractivity contribution in [3.8, 4) is 0 Å². The van der Waals surface area contributed by atoms with Gasteiger partial charge in [0.25, 0.3) is 0 Å². The predicted molar refractivity (Wildman–Crippen MR) is 89.2 cm³/mol. The molecule has 1 aliphatic heterocycles. The molecule has 1 N–H and O–H groups in total. The van der Waals surface area contributed by atoms with Gasteiger partial charge in [-0.05, 0) is 40.2 Å². The van der Waals surface area contributed by atoms with Gasteiger partial charge in [-0.15, -0.1) is 0 Å². The minimum atomic E-state index is 0.613. The maximum absolute atomic E-state index is 5.57. The van der Waals surface area contributed by atoms with Crippen LogP contribution in [0.4, 0.5) is 0 Å². The first-order valence-electron chi connectivity index (χ1n) is 8.30. The van der Waals surface area contributed by atoms with Gasteiger partial charge in [-0.1, -0.05) is 0 Å². The number of guanidine groups is 1. The van der Waals surface area contributed by atoms with Crippen molar-refractivity contribution < 1.29 is 9.15 Å². The van der Waals surface area contributed by atoms with Crippen LogP contribution in [0.3, 0.4) is 0 Å². The Bertz CT molecular complexity index is 496. The van der Waals surface area contributed by atoms with Crippen molar-refractivity contribution in [3.63, 3.8) is 0 Å². The Hall–Kier alpha value is -1.49. The first-order valence-corrected chi connectivity index (χ1v) is 8.30. The maximum Gasteiger partial charge on any atom is 0.194 e. The lowest BCUT2D eigenvalue weighted by molar-refractivity contribution is 0.114. The van der Waals surface area contributed by atoms with Crippen molar-refractivity contribution in [2.45, 2.75) is 40.7 Å². The van der Waals surface area contributed by atoms with Gasteiger partial charge in [-0.3, -0.25) is 0 Å². The monoisotopic (exact) mass is 307 g/mol. The standard InChI is InChI=1S/C17H29N3O2/c1-5-18-17(19-10-16-9-13(3)22-14(16)4)20-8-7-15(11-20)12-21-6-2/h9,15H,5-8,10-12H2,1-4H3,(H,18,19). The van der Waals surface area contributed by atoms with Crippen molar-refractivity contribution in [1.82, 2.24) is 10.2 Å². The fraction of sp³-hybridized carbons (Fsp3) is 0.706. The van der Waals surface area contributed by atoms with E-state index in [0.29, 0.717) is 12.5 Å². The van der Waals surface area contributed by atoms with Crippen LogP contribution in [0.25, 0.3) is 0 Å². The quantitative estimate of drug-likeness (QED) is 0.648. The summed E-state index contributed by atoms with van der Waals surface area (Å²) in [4.78, 5) is 7.13. The molecule has 2 rings (SSSR count). The van der Waals surface area contributed by atoms with E-state index in [1.54, 1.807) is 0 Å². The van der Waals surface area contributed by atoms with E-state index in [-0.39, 0.29) is 0 Å². The minimum absolute atomic E-state index is 0.613. The highest BCUT2D eigenvalue weighted by molar-refractivity contribution is 5.80. The number of hydrogen-bond donors (Lipinski definition) is 1. The highest BCUT2D eigenvalue weighted by Crippen LogP contribution is 2.18. The summed E-state index contributed by atoms with van der Waals surface area (Å²) in [6.07, 6.45) is 1.17. The SMILES string of the molecule is CCNC(=NCc1cc(C)oc1C)N1CCC(COCC)C1. The summed E-state index contributed by atoms with van der Waals surface area (Å²) in [6.45, 7) is 13.4. The molecular weight excluding hydrogens is 278 g/mol. The first-order chi connectivity index (χ1) is 10.6. The van der Waals surface area contributed by atoms with Gasteiger partial charge in [0.1, 0.15) is 11.5 Å². The number of likely N-dealkylation sites (tertiary alicyclic amines) is 1. The lowest BCUT2D eigenvalue weighted by Crippen LogP contribution is -2.40. The summed E-state index contributed by atoms with van der Waals surface area (Å²) < 4.78 is 11.1. The van der Waals surface area contributed by atoms with Crippen molar-refractivity contribution in [2.24, 2.45) is 10.9 Å². The molecule has 1 aromatic heterocycles. The van der Waals surface area contributed by atoms with Crippen LogP contribution in [-0.4, -0.2) is 43.7 Å². The van der Waals surface area contributed by atoms with Crippen molar-refractivity contribution in [2.75, 3.05) is 32.8 Å². The number of rotatable bonds is 6. The fourth-order valence-electron chi connectivity index (χ4n) is 2.87. The highest BCUT2D eigenvalue weighted by atomic mass is 16.5. The Morgan fingerprint density at radius 3 is 2.91 bits per heavy atom. The Balaban J connectivity index is 1.97. The van der Waals surface area contributed by atoms with Gasteiger partial charge in [-0.2, -0.15) is 0 Å². The molecule has 124 valence electrons. The zero-order chi connectivity index (χ0) is 15.9. The third-order valence-corrected chi connectivity index (χ3v) is 4.02. The molecule has 0 spiro atoms. The van der Waals surface area contributed by atoms with Gasteiger partial charge in [0, 0.05) is 37.7 Å². The fourth-order valence-corrected chi connectivity index (χ4v) is 2.87. The number of hydrogen-bond acceptors (Lipinski definition) is 3. The van der Waals surface area contributed by atoms with Crippen LogP contribution in [0.1, 0.15) is 37.4 Å². The smallest absolute Gasteiger partial charge is 0.194 e. The number of aliphatic imine (C=N–C) groups is 1. The number of aryl methyl sites for hydroxylation is 2. The van der Waals surface area contributed by atoms with Crippen LogP contribution in [0.2, 0.25) is 0 Å². The summed E-state index contributed by atoms with van der Waals surface area (Å²) in [5.74, 6) is 3.53. The van der Waals surface area contributed by atoms with Crippen LogP contribution in [-0.2, 0) is 11.3 Å². The van der Waals surface area contributed by atoms with E-state index in [0.717, 1.165) is 55.9 Å². The summed E-state index contributed by atoms with van der Waals surface area (Å²) >= 11 is 0. The van der Waals surface area contributed by atoms with Gasteiger partial charge >= 0.3 is 0 Å². The van der Waals surface area contributed by atoms with E-state index in [4.69, 9.17) is 14.1 Å². The third kappa shape index (κ3) is 4.50. The Morgan fingerprint density at radius 1 is 1.45 bits per heavy atom.